The van der Waals surface area contributed by atoms with Gasteiger partial charge in [0.2, 0.25) is 0 Å². The van der Waals surface area contributed by atoms with Crippen LogP contribution in [0.4, 0.5) is 13.2 Å². The lowest BCUT2D eigenvalue weighted by Gasteiger charge is -2.32. The highest BCUT2D eigenvalue weighted by Gasteiger charge is 2.39. The maximum Gasteiger partial charge on any atom is 0.431 e. The number of hydrogen-bond acceptors (Lipinski definition) is 3. The predicted molar refractivity (Wildman–Crippen MR) is 74.0 cm³/mol. The van der Waals surface area contributed by atoms with Crippen molar-refractivity contribution in [2.45, 2.75) is 25.9 Å². The molecule has 0 saturated carbocycles. The van der Waals surface area contributed by atoms with Crippen LogP contribution in [0.2, 0.25) is 0 Å². The number of hydrogen-bond donors (Lipinski definition) is 1. The average molecular weight is 290 g/mol. The average Bonchev–Trinajstić information content (AvgIpc) is 2.36. The number of allylic oxidation sites excluding steroid dienone is 4. The van der Waals surface area contributed by atoms with Crippen LogP contribution in [0.3, 0.4) is 0 Å². The van der Waals surface area contributed by atoms with E-state index in [0.717, 1.165) is 23.5 Å². The second-order valence-corrected chi connectivity index (χ2v) is 4.24. The molecule has 0 bridgehead atoms. The number of carbonyl (C=O) groups is 1. The number of nitrogens with zero attached hydrogens (tertiary/aromatic N) is 1. The normalized spacial score (nSPS) is 15.1. The van der Waals surface area contributed by atoms with Crippen LogP contribution < -0.4 is 5.32 Å². The minimum atomic E-state index is -4.43. The van der Waals surface area contributed by atoms with E-state index in [2.05, 4.69) is 11.9 Å². The highest BCUT2D eigenvalue weighted by Crippen LogP contribution is 2.35. The van der Waals surface area contributed by atoms with E-state index in [4.69, 9.17) is 0 Å². The SMILES string of the molecule is C=C1C(C=O)=CC=C(C(F)(F)F)N1CCCC.CNC. The van der Waals surface area contributed by atoms with Gasteiger partial charge in [-0.15, -0.1) is 0 Å². The largest absolute Gasteiger partial charge is 0.431 e. The first-order chi connectivity index (χ1) is 9.33. The summed E-state index contributed by atoms with van der Waals surface area (Å²) in [6, 6.07) is 0. The van der Waals surface area contributed by atoms with Gasteiger partial charge in [0.15, 0.2) is 6.29 Å². The third-order valence-electron chi connectivity index (χ3n) is 2.52. The Balaban J connectivity index is 0.00000110. The molecule has 0 aromatic rings. The minimum Gasteiger partial charge on any atom is -0.337 e. The van der Waals surface area contributed by atoms with Crippen LogP contribution in [-0.4, -0.2) is 38.0 Å². The molecule has 0 fully saturated rings. The summed E-state index contributed by atoms with van der Waals surface area (Å²) in [6.07, 6.45) is -0.450. The zero-order chi connectivity index (χ0) is 15.8. The number of carbonyl (C=O) groups excluding carboxylic acids is 1. The molecule has 1 rings (SSSR count). The van der Waals surface area contributed by atoms with Crippen LogP contribution in [-0.2, 0) is 4.79 Å². The van der Waals surface area contributed by atoms with E-state index in [1.807, 2.05) is 21.0 Å². The van der Waals surface area contributed by atoms with Gasteiger partial charge in [0, 0.05) is 17.8 Å². The second kappa shape index (κ2) is 8.58. The van der Waals surface area contributed by atoms with Crippen LogP contribution >= 0.6 is 0 Å². The lowest BCUT2D eigenvalue weighted by atomic mass is 10.1. The molecule has 1 aliphatic rings. The Kier molecular flexibility index (Phi) is 7.91. The van der Waals surface area contributed by atoms with E-state index >= 15 is 0 Å². The Labute approximate surface area is 117 Å². The highest BCUT2D eigenvalue weighted by atomic mass is 19.4. The van der Waals surface area contributed by atoms with E-state index in [0.29, 0.717) is 12.7 Å². The van der Waals surface area contributed by atoms with Crippen molar-refractivity contribution < 1.29 is 18.0 Å². The fraction of sp³-hybridized carbons (Fsp3) is 0.500. The Hall–Kier alpha value is -1.56. The predicted octanol–water partition coefficient (Wildman–Crippen LogP) is 3.02. The smallest absolute Gasteiger partial charge is 0.337 e. The van der Waals surface area contributed by atoms with Crippen LogP contribution in [0.15, 0.2) is 35.7 Å². The maximum absolute atomic E-state index is 12.8. The third kappa shape index (κ3) is 5.21. The Bertz CT molecular complexity index is 398. The van der Waals surface area contributed by atoms with Gasteiger partial charge in [-0.3, -0.25) is 4.79 Å². The molecule has 0 amide bonds. The molecule has 1 N–H and O–H groups in total. The molecule has 0 spiro atoms. The summed E-state index contributed by atoms with van der Waals surface area (Å²) in [5.41, 5.74) is -0.459. The van der Waals surface area contributed by atoms with Crippen molar-refractivity contribution in [2.75, 3.05) is 20.6 Å². The zero-order valence-electron chi connectivity index (χ0n) is 12.0. The second-order valence-electron chi connectivity index (χ2n) is 4.24. The molecule has 3 nitrogen and oxygen atoms in total. The standard InChI is InChI=1S/C12H14F3NO.C2H7N/c1-3-4-7-16-9(2)10(8-17)5-6-11(16)12(13,14)15;1-3-2/h5-6,8H,2-4,7H2,1H3;3H,1-2H3. The maximum atomic E-state index is 12.8. The molecule has 1 heterocycles. The lowest BCUT2D eigenvalue weighted by Crippen LogP contribution is -2.34. The van der Waals surface area contributed by atoms with Crippen molar-refractivity contribution in [1.29, 1.82) is 0 Å². The summed E-state index contributed by atoms with van der Waals surface area (Å²) in [5, 5.41) is 2.75. The molecule has 6 heteroatoms. The summed E-state index contributed by atoms with van der Waals surface area (Å²) in [7, 11) is 3.75. The first kappa shape index (κ1) is 18.4. The lowest BCUT2D eigenvalue weighted by molar-refractivity contribution is -0.110. The molecule has 0 aliphatic carbocycles. The summed E-state index contributed by atoms with van der Waals surface area (Å²) in [6.45, 7) is 5.65. The van der Waals surface area contributed by atoms with Crippen LogP contribution in [0.5, 0.6) is 0 Å². The Morgan fingerprint density at radius 2 is 1.90 bits per heavy atom. The molecular weight excluding hydrogens is 269 g/mol. The van der Waals surface area contributed by atoms with E-state index in [1.165, 1.54) is 0 Å². The topological polar surface area (TPSA) is 32.3 Å². The van der Waals surface area contributed by atoms with Gasteiger partial charge in [0.05, 0.1) is 0 Å². The molecule has 0 aromatic carbocycles. The summed E-state index contributed by atoms with van der Waals surface area (Å²) in [5.74, 6) is 0. The Morgan fingerprint density at radius 3 is 2.30 bits per heavy atom. The fourth-order valence-corrected chi connectivity index (χ4v) is 1.58. The third-order valence-corrected chi connectivity index (χ3v) is 2.52. The van der Waals surface area contributed by atoms with E-state index in [-0.39, 0.29) is 17.8 Å². The van der Waals surface area contributed by atoms with Crippen molar-refractivity contribution in [3.63, 3.8) is 0 Å². The summed E-state index contributed by atoms with van der Waals surface area (Å²) in [4.78, 5) is 11.7. The summed E-state index contributed by atoms with van der Waals surface area (Å²) >= 11 is 0. The number of halogens is 3. The number of unbranched alkanes of at least 4 members (excludes halogenated alkanes) is 1. The van der Waals surface area contributed by atoms with Gasteiger partial charge in [-0.25, -0.2) is 0 Å². The van der Waals surface area contributed by atoms with Crippen molar-refractivity contribution >= 4 is 6.29 Å². The molecule has 0 saturated heterocycles. The molecular formula is C14H21F3N2O. The molecule has 20 heavy (non-hydrogen) atoms. The van der Waals surface area contributed by atoms with Crippen molar-refractivity contribution in [3.8, 4) is 0 Å². The van der Waals surface area contributed by atoms with Gasteiger partial charge in [0.25, 0.3) is 0 Å². The fourth-order valence-electron chi connectivity index (χ4n) is 1.58. The van der Waals surface area contributed by atoms with E-state index in [9.17, 15) is 18.0 Å². The molecule has 0 unspecified atom stereocenters. The van der Waals surface area contributed by atoms with Gasteiger partial charge in [-0.05, 0) is 32.7 Å². The van der Waals surface area contributed by atoms with Crippen molar-refractivity contribution in [1.82, 2.24) is 10.2 Å². The van der Waals surface area contributed by atoms with Crippen LogP contribution in [0.1, 0.15) is 19.8 Å². The zero-order valence-corrected chi connectivity index (χ0v) is 12.0. The van der Waals surface area contributed by atoms with Gasteiger partial charge < -0.3 is 10.2 Å². The quantitative estimate of drug-likeness (QED) is 0.808. The monoisotopic (exact) mass is 290 g/mol. The molecule has 1 aliphatic heterocycles. The molecule has 0 radical (unpaired) electrons. The number of rotatable bonds is 4. The van der Waals surface area contributed by atoms with E-state index < -0.39 is 11.9 Å². The molecule has 0 atom stereocenters. The van der Waals surface area contributed by atoms with E-state index in [1.54, 1.807) is 0 Å². The number of nitrogens with one attached hydrogen (secondary N) is 1. The first-order valence-corrected chi connectivity index (χ1v) is 6.33. The van der Waals surface area contributed by atoms with Crippen molar-refractivity contribution in [3.05, 3.63) is 35.7 Å². The molecule has 0 aromatic heterocycles. The van der Waals surface area contributed by atoms with Gasteiger partial charge in [-0.2, -0.15) is 13.2 Å². The highest BCUT2D eigenvalue weighted by molar-refractivity contribution is 5.81. The van der Waals surface area contributed by atoms with Gasteiger partial charge >= 0.3 is 6.18 Å². The van der Waals surface area contributed by atoms with Crippen molar-refractivity contribution in [2.24, 2.45) is 0 Å². The number of aldehydes is 1. The van der Waals surface area contributed by atoms with Crippen LogP contribution in [0.25, 0.3) is 0 Å². The summed E-state index contributed by atoms with van der Waals surface area (Å²) < 4.78 is 38.3. The van der Waals surface area contributed by atoms with Crippen LogP contribution in [0, 0.1) is 0 Å². The molecule has 114 valence electrons. The van der Waals surface area contributed by atoms with Gasteiger partial charge in [-0.1, -0.05) is 19.9 Å². The van der Waals surface area contributed by atoms with Gasteiger partial charge in [0.1, 0.15) is 5.70 Å². The minimum absolute atomic E-state index is 0.114. The first-order valence-electron chi connectivity index (χ1n) is 6.33. The number of alkyl halides is 3. The Morgan fingerprint density at radius 1 is 1.35 bits per heavy atom.